The summed E-state index contributed by atoms with van der Waals surface area (Å²) < 4.78 is 0. The Bertz CT molecular complexity index is 2360. The maximum atomic E-state index is 5.15. The molecule has 8 rings (SSSR count). The molecule has 0 spiro atoms. The van der Waals surface area contributed by atoms with E-state index in [9.17, 15) is 0 Å². The van der Waals surface area contributed by atoms with Gasteiger partial charge < -0.3 is 0 Å². The quantitative estimate of drug-likeness (QED) is 0.187. The van der Waals surface area contributed by atoms with E-state index in [0.29, 0.717) is 5.82 Å². The SMILES string of the molecule is Cc1cc(C)c2ccc3ccc(-c4cccc(-c5nc(-c6ccccc6)cc(-c6ccc(-c7ccccc7)cc6)n5)c4)nc3c2n1. The first-order valence-corrected chi connectivity index (χ1v) is 15.5. The van der Waals surface area contributed by atoms with E-state index < -0.39 is 0 Å². The molecule has 3 aromatic heterocycles. The molecule has 0 atom stereocenters. The molecular weight excluding hydrogens is 560 g/mol. The van der Waals surface area contributed by atoms with Crippen molar-refractivity contribution in [2.45, 2.75) is 13.8 Å². The minimum atomic E-state index is 0.671. The highest BCUT2D eigenvalue weighted by molar-refractivity contribution is 6.04. The highest BCUT2D eigenvalue weighted by atomic mass is 14.9. The number of aromatic nitrogens is 4. The van der Waals surface area contributed by atoms with Gasteiger partial charge in [0, 0.05) is 38.7 Å². The molecule has 0 N–H and O–H groups in total. The highest BCUT2D eigenvalue weighted by Crippen LogP contribution is 2.32. The molecule has 218 valence electrons. The lowest BCUT2D eigenvalue weighted by atomic mass is 10.0. The summed E-state index contributed by atoms with van der Waals surface area (Å²) in [5.41, 5.74) is 13.1. The number of nitrogens with zero attached hydrogens (tertiary/aromatic N) is 4. The van der Waals surface area contributed by atoms with Crippen LogP contribution in [0, 0.1) is 13.8 Å². The smallest absolute Gasteiger partial charge is 0.160 e. The molecule has 8 aromatic rings. The van der Waals surface area contributed by atoms with E-state index >= 15 is 0 Å². The van der Waals surface area contributed by atoms with Crippen LogP contribution in [0.4, 0.5) is 0 Å². The second-order valence-corrected chi connectivity index (χ2v) is 11.7. The molecule has 0 unspecified atom stereocenters. The normalized spacial score (nSPS) is 11.3. The van der Waals surface area contributed by atoms with Crippen LogP contribution >= 0.6 is 0 Å². The fourth-order valence-electron chi connectivity index (χ4n) is 6.13. The van der Waals surface area contributed by atoms with Gasteiger partial charge in [-0.3, -0.25) is 4.98 Å². The maximum Gasteiger partial charge on any atom is 0.160 e. The van der Waals surface area contributed by atoms with Crippen LogP contribution in [-0.4, -0.2) is 19.9 Å². The van der Waals surface area contributed by atoms with Gasteiger partial charge in [-0.05, 0) is 54.8 Å². The van der Waals surface area contributed by atoms with Crippen LogP contribution in [0.15, 0.2) is 146 Å². The number of pyridine rings is 2. The van der Waals surface area contributed by atoms with E-state index in [1.54, 1.807) is 0 Å². The fraction of sp³-hybridized carbons (Fsp3) is 0.0476. The average Bonchev–Trinajstić information content (AvgIpc) is 3.12. The number of rotatable bonds is 5. The van der Waals surface area contributed by atoms with Crippen molar-refractivity contribution in [3.63, 3.8) is 0 Å². The lowest BCUT2D eigenvalue weighted by Crippen LogP contribution is -1.96. The first-order chi connectivity index (χ1) is 22.6. The van der Waals surface area contributed by atoms with Gasteiger partial charge in [0.05, 0.1) is 28.1 Å². The maximum absolute atomic E-state index is 5.15. The van der Waals surface area contributed by atoms with Gasteiger partial charge in [-0.25, -0.2) is 15.0 Å². The fourth-order valence-corrected chi connectivity index (χ4v) is 6.13. The number of benzene rings is 5. The van der Waals surface area contributed by atoms with E-state index in [1.165, 1.54) is 16.7 Å². The molecule has 4 heteroatoms. The second kappa shape index (κ2) is 11.5. The molecule has 0 saturated heterocycles. The van der Waals surface area contributed by atoms with E-state index in [2.05, 4.69) is 128 Å². The van der Waals surface area contributed by atoms with Crippen molar-refractivity contribution in [2.75, 3.05) is 0 Å². The molecule has 5 aromatic carbocycles. The van der Waals surface area contributed by atoms with Crippen molar-refractivity contribution in [1.82, 2.24) is 19.9 Å². The summed E-state index contributed by atoms with van der Waals surface area (Å²) in [5.74, 6) is 0.671. The molecular formula is C42H30N4. The zero-order valence-corrected chi connectivity index (χ0v) is 25.6. The summed E-state index contributed by atoms with van der Waals surface area (Å²) in [6.07, 6.45) is 0. The third-order valence-electron chi connectivity index (χ3n) is 8.47. The Morgan fingerprint density at radius 3 is 1.70 bits per heavy atom. The minimum Gasteiger partial charge on any atom is -0.251 e. The average molecular weight is 591 g/mol. The molecule has 4 nitrogen and oxygen atoms in total. The van der Waals surface area contributed by atoms with E-state index in [-0.39, 0.29) is 0 Å². The lowest BCUT2D eigenvalue weighted by molar-refractivity contribution is 1.18. The van der Waals surface area contributed by atoms with Gasteiger partial charge in [0.1, 0.15) is 0 Å². The lowest BCUT2D eigenvalue weighted by Gasteiger charge is -2.11. The molecule has 0 amide bonds. The van der Waals surface area contributed by atoms with Crippen LogP contribution in [0.2, 0.25) is 0 Å². The third kappa shape index (κ3) is 5.20. The molecule has 0 aliphatic carbocycles. The Morgan fingerprint density at radius 1 is 0.370 bits per heavy atom. The Morgan fingerprint density at radius 2 is 0.957 bits per heavy atom. The van der Waals surface area contributed by atoms with Crippen molar-refractivity contribution >= 4 is 21.8 Å². The van der Waals surface area contributed by atoms with Gasteiger partial charge in [0.2, 0.25) is 0 Å². The minimum absolute atomic E-state index is 0.671. The molecule has 0 aliphatic rings. The summed E-state index contributed by atoms with van der Waals surface area (Å²) in [5, 5.41) is 2.21. The number of hydrogen-bond donors (Lipinski definition) is 0. The van der Waals surface area contributed by atoms with Crippen LogP contribution in [0.3, 0.4) is 0 Å². The van der Waals surface area contributed by atoms with Crippen molar-refractivity contribution in [3.8, 4) is 56.3 Å². The van der Waals surface area contributed by atoms with Crippen molar-refractivity contribution in [2.24, 2.45) is 0 Å². The summed E-state index contributed by atoms with van der Waals surface area (Å²) in [4.78, 5) is 20.2. The third-order valence-corrected chi connectivity index (χ3v) is 8.47. The standard InChI is InChI=1S/C42H30N4/c1-27-24-28(2)43-41-36(27)22-20-33-21-23-37(44-40(33)41)34-14-9-15-35(25-34)42-45-38(31-12-7-4-8-13-31)26-39(46-42)32-18-16-30(17-19-32)29-10-5-3-6-11-29/h3-26H,1-2H3. The van der Waals surface area contributed by atoms with Crippen LogP contribution < -0.4 is 0 Å². The molecule has 3 heterocycles. The van der Waals surface area contributed by atoms with Gasteiger partial charge in [0.15, 0.2) is 5.82 Å². The van der Waals surface area contributed by atoms with E-state index in [0.717, 1.165) is 66.8 Å². The van der Waals surface area contributed by atoms with Crippen LogP contribution in [0.25, 0.3) is 78.1 Å². The monoisotopic (exact) mass is 590 g/mol. The number of aryl methyl sites for hydroxylation is 2. The first-order valence-electron chi connectivity index (χ1n) is 15.5. The van der Waals surface area contributed by atoms with Gasteiger partial charge in [-0.1, -0.05) is 121 Å². The largest absolute Gasteiger partial charge is 0.251 e. The first kappa shape index (κ1) is 27.5. The van der Waals surface area contributed by atoms with Gasteiger partial charge in [-0.15, -0.1) is 0 Å². The highest BCUT2D eigenvalue weighted by Gasteiger charge is 2.13. The molecule has 0 radical (unpaired) electrons. The van der Waals surface area contributed by atoms with Gasteiger partial charge in [0.25, 0.3) is 0 Å². The number of fused-ring (bicyclic) bond motifs is 3. The zero-order chi connectivity index (χ0) is 31.0. The zero-order valence-electron chi connectivity index (χ0n) is 25.6. The van der Waals surface area contributed by atoms with Crippen LogP contribution in [0.5, 0.6) is 0 Å². The van der Waals surface area contributed by atoms with Crippen LogP contribution in [0.1, 0.15) is 11.3 Å². The Hall–Kier alpha value is -6.00. The van der Waals surface area contributed by atoms with E-state index in [4.69, 9.17) is 19.9 Å². The summed E-state index contributed by atoms with van der Waals surface area (Å²) in [6, 6.07) is 50.3. The van der Waals surface area contributed by atoms with Gasteiger partial charge >= 0.3 is 0 Å². The molecule has 0 bridgehead atoms. The summed E-state index contributed by atoms with van der Waals surface area (Å²) in [7, 11) is 0. The van der Waals surface area contributed by atoms with Crippen molar-refractivity contribution in [3.05, 3.63) is 157 Å². The van der Waals surface area contributed by atoms with Crippen molar-refractivity contribution in [1.29, 1.82) is 0 Å². The summed E-state index contributed by atoms with van der Waals surface area (Å²) >= 11 is 0. The topological polar surface area (TPSA) is 51.6 Å². The predicted octanol–water partition coefficient (Wildman–Crippen LogP) is 10.5. The molecule has 46 heavy (non-hydrogen) atoms. The van der Waals surface area contributed by atoms with Gasteiger partial charge in [-0.2, -0.15) is 0 Å². The molecule has 0 fully saturated rings. The molecule has 0 aliphatic heterocycles. The van der Waals surface area contributed by atoms with Crippen LogP contribution in [-0.2, 0) is 0 Å². The Labute approximate surface area is 268 Å². The Balaban J connectivity index is 1.23. The van der Waals surface area contributed by atoms with E-state index in [1.807, 2.05) is 31.2 Å². The van der Waals surface area contributed by atoms with Crippen molar-refractivity contribution < 1.29 is 0 Å². The molecule has 0 saturated carbocycles. The second-order valence-electron chi connectivity index (χ2n) is 11.7. The Kier molecular flexibility index (Phi) is 6.88. The number of hydrogen-bond acceptors (Lipinski definition) is 4. The predicted molar refractivity (Wildman–Crippen MR) is 189 cm³/mol. The summed E-state index contributed by atoms with van der Waals surface area (Å²) in [6.45, 7) is 4.17.